The van der Waals surface area contributed by atoms with Gasteiger partial charge in [-0.25, -0.2) is 8.42 Å². The van der Waals surface area contributed by atoms with Gasteiger partial charge in [0.25, 0.3) is 0 Å². The van der Waals surface area contributed by atoms with Crippen LogP contribution < -0.4 is 9.04 Å². The second kappa shape index (κ2) is 8.27. The molecule has 1 amide bonds. The summed E-state index contributed by atoms with van der Waals surface area (Å²) in [6, 6.07) is 4.77. The lowest BCUT2D eigenvalue weighted by Gasteiger charge is -2.31. The number of piperidine rings is 1. The molecular formula is C17H25ClN2O4S. The van der Waals surface area contributed by atoms with E-state index < -0.39 is 10.0 Å². The summed E-state index contributed by atoms with van der Waals surface area (Å²) in [6.45, 7) is 3.76. The molecule has 2 rings (SSSR count). The number of halogens is 1. The minimum atomic E-state index is -3.53. The highest BCUT2D eigenvalue weighted by Gasteiger charge is 2.23. The maximum absolute atomic E-state index is 12.4. The summed E-state index contributed by atoms with van der Waals surface area (Å²) >= 11 is 6.10. The van der Waals surface area contributed by atoms with Gasteiger partial charge in [0.1, 0.15) is 5.75 Å². The maximum Gasteiger partial charge on any atom is 0.232 e. The van der Waals surface area contributed by atoms with E-state index in [1.165, 1.54) is 17.5 Å². The maximum atomic E-state index is 12.4. The molecule has 1 aromatic carbocycles. The van der Waals surface area contributed by atoms with Crippen molar-refractivity contribution in [1.29, 1.82) is 0 Å². The largest absolute Gasteiger partial charge is 0.495 e. The van der Waals surface area contributed by atoms with E-state index in [-0.39, 0.29) is 18.9 Å². The first kappa shape index (κ1) is 19.8. The molecule has 1 saturated heterocycles. The number of anilines is 1. The third-order valence-corrected chi connectivity index (χ3v) is 5.98. The van der Waals surface area contributed by atoms with Gasteiger partial charge in [0.15, 0.2) is 0 Å². The standard InChI is InChI=1S/C17H25ClN2O4S/c1-13-6-9-19(10-7-13)17(21)8-11-20(25(3,22)23)14-4-5-16(24-2)15(18)12-14/h4-5,12-13H,6-11H2,1-3H3. The normalized spacial score (nSPS) is 15.9. The van der Waals surface area contributed by atoms with Crippen molar-refractivity contribution in [2.75, 3.05) is 37.3 Å². The van der Waals surface area contributed by atoms with Gasteiger partial charge >= 0.3 is 0 Å². The fourth-order valence-corrected chi connectivity index (χ4v) is 4.08. The SMILES string of the molecule is COc1ccc(N(CCC(=O)N2CCC(C)CC2)S(C)(=O)=O)cc1Cl. The van der Waals surface area contributed by atoms with Gasteiger partial charge in [0.05, 0.1) is 24.1 Å². The van der Waals surface area contributed by atoms with E-state index >= 15 is 0 Å². The van der Waals surface area contributed by atoms with E-state index in [1.54, 1.807) is 12.1 Å². The highest BCUT2D eigenvalue weighted by Crippen LogP contribution is 2.30. The first-order chi connectivity index (χ1) is 11.7. The number of sulfonamides is 1. The van der Waals surface area contributed by atoms with Gasteiger partial charge in [-0.2, -0.15) is 0 Å². The fraction of sp³-hybridized carbons (Fsp3) is 0.588. The van der Waals surface area contributed by atoms with Crippen molar-refractivity contribution in [2.24, 2.45) is 5.92 Å². The predicted octanol–water partition coefficient (Wildman–Crippen LogP) is 2.76. The summed E-state index contributed by atoms with van der Waals surface area (Å²) in [5.41, 5.74) is 0.424. The number of amides is 1. The van der Waals surface area contributed by atoms with Crippen molar-refractivity contribution in [2.45, 2.75) is 26.2 Å². The Labute approximate surface area is 154 Å². The molecule has 1 heterocycles. The monoisotopic (exact) mass is 388 g/mol. The highest BCUT2D eigenvalue weighted by molar-refractivity contribution is 7.92. The molecule has 6 nitrogen and oxygen atoms in total. The zero-order chi connectivity index (χ0) is 18.6. The summed E-state index contributed by atoms with van der Waals surface area (Å²) in [5, 5.41) is 0.324. The van der Waals surface area contributed by atoms with Crippen molar-refractivity contribution >= 4 is 33.2 Å². The van der Waals surface area contributed by atoms with Gasteiger partial charge < -0.3 is 9.64 Å². The molecule has 1 aliphatic rings. The van der Waals surface area contributed by atoms with Crippen LogP contribution in [0.1, 0.15) is 26.2 Å². The minimum Gasteiger partial charge on any atom is -0.495 e. The number of carbonyl (C=O) groups is 1. The van der Waals surface area contributed by atoms with E-state index in [0.29, 0.717) is 22.4 Å². The van der Waals surface area contributed by atoms with Crippen LogP contribution in [-0.2, 0) is 14.8 Å². The van der Waals surface area contributed by atoms with Crippen LogP contribution in [0.4, 0.5) is 5.69 Å². The van der Waals surface area contributed by atoms with Crippen molar-refractivity contribution in [3.8, 4) is 5.75 Å². The fourth-order valence-electron chi connectivity index (χ4n) is 2.91. The lowest BCUT2D eigenvalue weighted by atomic mass is 9.99. The molecule has 0 saturated carbocycles. The number of benzene rings is 1. The lowest BCUT2D eigenvalue weighted by molar-refractivity contribution is -0.132. The van der Waals surface area contributed by atoms with E-state index in [4.69, 9.17) is 16.3 Å². The van der Waals surface area contributed by atoms with Crippen LogP contribution in [-0.4, -0.2) is 52.2 Å². The summed E-state index contributed by atoms with van der Waals surface area (Å²) in [6.07, 6.45) is 3.26. The van der Waals surface area contributed by atoms with Gasteiger partial charge in [0.2, 0.25) is 15.9 Å². The Morgan fingerprint density at radius 2 is 2.00 bits per heavy atom. The Balaban J connectivity index is 2.09. The van der Waals surface area contributed by atoms with Crippen molar-refractivity contribution < 1.29 is 17.9 Å². The van der Waals surface area contributed by atoms with Crippen LogP contribution in [0.2, 0.25) is 5.02 Å². The number of likely N-dealkylation sites (tertiary alicyclic amines) is 1. The van der Waals surface area contributed by atoms with Gasteiger partial charge in [-0.1, -0.05) is 18.5 Å². The number of hydrogen-bond acceptors (Lipinski definition) is 4. The Morgan fingerprint density at radius 1 is 1.36 bits per heavy atom. The number of nitrogens with zero attached hydrogens (tertiary/aromatic N) is 2. The number of ether oxygens (including phenoxy) is 1. The van der Waals surface area contributed by atoms with E-state index in [1.807, 2.05) is 4.90 Å². The van der Waals surface area contributed by atoms with E-state index in [2.05, 4.69) is 6.92 Å². The third kappa shape index (κ3) is 5.25. The zero-order valence-corrected chi connectivity index (χ0v) is 16.4. The van der Waals surface area contributed by atoms with Crippen LogP contribution in [0.3, 0.4) is 0 Å². The van der Waals surface area contributed by atoms with Gasteiger partial charge in [-0.3, -0.25) is 9.10 Å². The lowest BCUT2D eigenvalue weighted by Crippen LogP contribution is -2.40. The van der Waals surface area contributed by atoms with Crippen LogP contribution in [0.5, 0.6) is 5.75 Å². The molecule has 0 N–H and O–H groups in total. The minimum absolute atomic E-state index is 0.0137. The molecule has 1 fully saturated rings. The predicted molar refractivity (Wildman–Crippen MR) is 99.8 cm³/mol. The molecule has 8 heteroatoms. The third-order valence-electron chi connectivity index (χ3n) is 4.49. The Hall–Kier alpha value is -1.47. The molecule has 0 aromatic heterocycles. The van der Waals surface area contributed by atoms with Crippen LogP contribution in [0.25, 0.3) is 0 Å². The first-order valence-electron chi connectivity index (χ1n) is 8.31. The number of hydrogen-bond donors (Lipinski definition) is 0. The van der Waals surface area contributed by atoms with Crippen molar-refractivity contribution in [1.82, 2.24) is 4.90 Å². The molecule has 0 spiro atoms. The molecular weight excluding hydrogens is 364 g/mol. The molecule has 1 aliphatic heterocycles. The van der Waals surface area contributed by atoms with Crippen LogP contribution in [0.15, 0.2) is 18.2 Å². The average Bonchev–Trinajstić information content (AvgIpc) is 2.54. The van der Waals surface area contributed by atoms with Crippen molar-refractivity contribution in [3.05, 3.63) is 23.2 Å². The molecule has 0 aliphatic carbocycles. The van der Waals surface area contributed by atoms with Crippen LogP contribution >= 0.6 is 11.6 Å². The number of rotatable bonds is 6. The molecule has 0 bridgehead atoms. The second-order valence-electron chi connectivity index (χ2n) is 6.47. The molecule has 1 aromatic rings. The Kier molecular flexibility index (Phi) is 6.57. The Morgan fingerprint density at radius 3 is 2.52 bits per heavy atom. The number of carbonyl (C=O) groups excluding carboxylic acids is 1. The smallest absolute Gasteiger partial charge is 0.232 e. The van der Waals surface area contributed by atoms with Gasteiger partial charge in [-0.05, 0) is 37.0 Å². The molecule has 0 unspecified atom stereocenters. The number of methoxy groups -OCH3 is 1. The first-order valence-corrected chi connectivity index (χ1v) is 10.5. The molecule has 0 atom stereocenters. The molecule has 0 radical (unpaired) electrons. The summed E-state index contributed by atoms with van der Waals surface area (Å²) in [7, 11) is -2.03. The van der Waals surface area contributed by atoms with E-state index in [9.17, 15) is 13.2 Å². The summed E-state index contributed by atoms with van der Waals surface area (Å²) in [5.74, 6) is 1.09. The van der Waals surface area contributed by atoms with Crippen LogP contribution in [0, 0.1) is 5.92 Å². The molecule has 140 valence electrons. The van der Waals surface area contributed by atoms with Gasteiger partial charge in [0, 0.05) is 26.1 Å². The Bertz CT molecular complexity index is 715. The average molecular weight is 389 g/mol. The quantitative estimate of drug-likeness (QED) is 0.751. The topological polar surface area (TPSA) is 66.9 Å². The van der Waals surface area contributed by atoms with E-state index in [0.717, 1.165) is 32.2 Å². The second-order valence-corrected chi connectivity index (χ2v) is 8.78. The zero-order valence-electron chi connectivity index (χ0n) is 14.9. The highest BCUT2D eigenvalue weighted by atomic mass is 35.5. The molecule has 25 heavy (non-hydrogen) atoms. The van der Waals surface area contributed by atoms with Crippen molar-refractivity contribution in [3.63, 3.8) is 0 Å². The summed E-state index contributed by atoms with van der Waals surface area (Å²) in [4.78, 5) is 14.2. The van der Waals surface area contributed by atoms with Gasteiger partial charge in [-0.15, -0.1) is 0 Å². The summed E-state index contributed by atoms with van der Waals surface area (Å²) < 4.78 is 30.6.